The van der Waals surface area contributed by atoms with Crippen LogP contribution in [0.25, 0.3) is 0 Å². The summed E-state index contributed by atoms with van der Waals surface area (Å²) >= 11 is 0. The molecule has 0 saturated heterocycles. The second-order valence-electron chi connectivity index (χ2n) is 3.84. The van der Waals surface area contributed by atoms with E-state index in [4.69, 9.17) is 21.3 Å². The van der Waals surface area contributed by atoms with Crippen molar-refractivity contribution in [3.63, 3.8) is 0 Å². The van der Waals surface area contributed by atoms with Crippen LogP contribution in [0.3, 0.4) is 0 Å². The van der Waals surface area contributed by atoms with Crippen LogP contribution in [0.1, 0.15) is 12.8 Å². The minimum atomic E-state index is -0.293. The lowest BCUT2D eigenvalue weighted by Gasteiger charge is -2.06. The van der Waals surface area contributed by atoms with Crippen LogP contribution < -0.4 is 17.1 Å². The normalized spacial score (nSPS) is 10.5. The minimum Gasteiger partial charge on any atom is -0.379 e. The second kappa shape index (κ2) is 14.3. The SMILES string of the molecule is NOCC(=O)CCCOCCOCCNC(=O)CON. The quantitative estimate of drug-likeness (QED) is 0.254. The zero-order valence-corrected chi connectivity index (χ0v) is 11.5. The van der Waals surface area contributed by atoms with Crippen LogP contribution in [-0.2, 0) is 28.7 Å². The second-order valence-corrected chi connectivity index (χ2v) is 3.84. The van der Waals surface area contributed by atoms with E-state index < -0.39 is 0 Å². The van der Waals surface area contributed by atoms with Gasteiger partial charge in [0.05, 0.1) is 19.8 Å². The summed E-state index contributed by atoms with van der Waals surface area (Å²) in [7, 11) is 0. The minimum absolute atomic E-state index is 0.0513. The monoisotopic (exact) mass is 293 g/mol. The number of hydrogen-bond acceptors (Lipinski definition) is 8. The third-order valence-corrected chi connectivity index (χ3v) is 2.14. The van der Waals surface area contributed by atoms with Crippen molar-refractivity contribution >= 4 is 11.7 Å². The Morgan fingerprint density at radius 2 is 1.55 bits per heavy atom. The molecule has 9 nitrogen and oxygen atoms in total. The van der Waals surface area contributed by atoms with Crippen molar-refractivity contribution in [2.45, 2.75) is 12.8 Å². The standard InChI is InChI=1S/C11H23N3O6/c12-19-8-10(15)2-1-4-17-6-7-18-5-3-14-11(16)9-20-13/h1-9,12-13H2,(H,14,16). The van der Waals surface area contributed by atoms with Crippen LogP contribution in [0.4, 0.5) is 0 Å². The van der Waals surface area contributed by atoms with Crippen molar-refractivity contribution in [3.05, 3.63) is 0 Å². The molecule has 5 N–H and O–H groups in total. The van der Waals surface area contributed by atoms with Crippen molar-refractivity contribution in [3.8, 4) is 0 Å². The van der Waals surface area contributed by atoms with E-state index in [1.807, 2.05) is 0 Å². The largest absolute Gasteiger partial charge is 0.379 e. The van der Waals surface area contributed by atoms with Crippen LogP contribution >= 0.6 is 0 Å². The van der Waals surface area contributed by atoms with Gasteiger partial charge in [-0.05, 0) is 6.42 Å². The molecule has 20 heavy (non-hydrogen) atoms. The van der Waals surface area contributed by atoms with Gasteiger partial charge >= 0.3 is 0 Å². The predicted molar refractivity (Wildman–Crippen MR) is 69.2 cm³/mol. The zero-order chi connectivity index (χ0) is 15.1. The first-order chi connectivity index (χ1) is 9.70. The first-order valence-electron chi connectivity index (χ1n) is 6.28. The summed E-state index contributed by atoms with van der Waals surface area (Å²) in [5.74, 6) is 9.15. The fourth-order valence-corrected chi connectivity index (χ4v) is 1.25. The Bertz CT molecular complexity index is 239. The maximum Gasteiger partial charge on any atom is 0.248 e. The molecule has 0 aliphatic rings. The van der Waals surface area contributed by atoms with Gasteiger partial charge in [-0.1, -0.05) is 0 Å². The van der Waals surface area contributed by atoms with E-state index in [2.05, 4.69) is 15.0 Å². The highest BCUT2D eigenvalue weighted by molar-refractivity contribution is 5.79. The van der Waals surface area contributed by atoms with Gasteiger partial charge in [-0.15, -0.1) is 0 Å². The van der Waals surface area contributed by atoms with Crippen molar-refractivity contribution < 1.29 is 28.7 Å². The van der Waals surface area contributed by atoms with Gasteiger partial charge in [0.2, 0.25) is 5.91 Å². The van der Waals surface area contributed by atoms with E-state index >= 15 is 0 Å². The van der Waals surface area contributed by atoms with E-state index in [-0.39, 0.29) is 24.9 Å². The van der Waals surface area contributed by atoms with Gasteiger partial charge in [0, 0.05) is 19.6 Å². The van der Waals surface area contributed by atoms with E-state index in [9.17, 15) is 9.59 Å². The summed E-state index contributed by atoms with van der Waals surface area (Å²) in [6, 6.07) is 0. The van der Waals surface area contributed by atoms with Gasteiger partial charge in [-0.3, -0.25) is 19.3 Å². The number of carbonyl (C=O) groups is 2. The number of nitrogens with two attached hydrogens (primary N) is 2. The number of amides is 1. The molecule has 0 aromatic rings. The highest BCUT2D eigenvalue weighted by Gasteiger charge is 2.01. The molecule has 1 amide bonds. The summed E-state index contributed by atoms with van der Waals surface area (Å²) in [5, 5.41) is 2.55. The number of ether oxygens (including phenoxy) is 2. The topological polar surface area (TPSA) is 135 Å². The summed E-state index contributed by atoms with van der Waals surface area (Å²) in [4.78, 5) is 30.3. The van der Waals surface area contributed by atoms with Gasteiger partial charge in [-0.25, -0.2) is 11.8 Å². The Morgan fingerprint density at radius 1 is 0.900 bits per heavy atom. The van der Waals surface area contributed by atoms with Gasteiger partial charge < -0.3 is 14.8 Å². The highest BCUT2D eigenvalue weighted by atomic mass is 16.6. The van der Waals surface area contributed by atoms with Crippen LogP contribution in [0.15, 0.2) is 0 Å². The Balaban J connectivity index is 3.13. The molecule has 0 aliphatic heterocycles. The maximum absolute atomic E-state index is 11.0. The fraction of sp³-hybridized carbons (Fsp3) is 0.818. The molecule has 0 aromatic heterocycles. The van der Waals surface area contributed by atoms with Crippen molar-refractivity contribution in [1.29, 1.82) is 0 Å². The Kier molecular flexibility index (Phi) is 13.5. The molecule has 0 saturated carbocycles. The van der Waals surface area contributed by atoms with E-state index in [1.165, 1.54) is 0 Å². The molecule has 0 spiro atoms. The Morgan fingerprint density at radius 3 is 2.20 bits per heavy atom. The van der Waals surface area contributed by atoms with Crippen LogP contribution in [-0.4, -0.2) is 57.9 Å². The predicted octanol–water partition coefficient (Wildman–Crippen LogP) is -1.73. The van der Waals surface area contributed by atoms with Crippen LogP contribution in [0.2, 0.25) is 0 Å². The number of hydrogen-bond donors (Lipinski definition) is 3. The number of carbonyl (C=O) groups excluding carboxylic acids is 2. The van der Waals surface area contributed by atoms with Gasteiger partial charge in [0.1, 0.15) is 13.2 Å². The number of ketones is 1. The molecule has 0 atom stereocenters. The summed E-state index contributed by atoms with van der Waals surface area (Å²) < 4.78 is 10.5. The van der Waals surface area contributed by atoms with Crippen LogP contribution in [0.5, 0.6) is 0 Å². The van der Waals surface area contributed by atoms with Gasteiger partial charge in [0.25, 0.3) is 0 Å². The Hall–Kier alpha value is -1.10. The summed E-state index contributed by atoms with van der Waals surface area (Å²) in [6.07, 6.45) is 1.00. The van der Waals surface area contributed by atoms with Crippen LogP contribution in [0, 0.1) is 0 Å². The summed E-state index contributed by atoms with van der Waals surface area (Å²) in [5.41, 5.74) is 0. The molecule has 9 heteroatoms. The fourth-order valence-electron chi connectivity index (χ4n) is 1.25. The molecule has 0 radical (unpaired) electrons. The molecule has 118 valence electrons. The summed E-state index contributed by atoms with van der Waals surface area (Å²) in [6.45, 7) is 1.86. The lowest BCUT2D eigenvalue weighted by Crippen LogP contribution is -2.31. The first-order valence-corrected chi connectivity index (χ1v) is 6.28. The van der Waals surface area contributed by atoms with E-state index in [0.29, 0.717) is 45.8 Å². The number of rotatable bonds is 14. The first kappa shape index (κ1) is 18.9. The number of nitrogens with one attached hydrogen (secondary N) is 1. The van der Waals surface area contributed by atoms with Crippen molar-refractivity contribution in [2.24, 2.45) is 11.8 Å². The zero-order valence-electron chi connectivity index (χ0n) is 11.5. The smallest absolute Gasteiger partial charge is 0.248 e. The van der Waals surface area contributed by atoms with E-state index in [0.717, 1.165) is 0 Å². The van der Waals surface area contributed by atoms with Crippen molar-refractivity contribution in [1.82, 2.24) is 5.32 Å². The number of Topliss-reactive ketones (excluding diaryl/α,β-unsaturated/α-hetero) is 1. The average molecular weight is 293 g/mol. The average Bonchev–Trinajstić information content (AvgIpc) is 2.41. The third-order valence-electron chi connectivity index (χ3n) is 2.14. The molecule has 0 aliphatic carbocycles. The molecule has 0 heterocycles. The highest BCUT2D eigenvalue weighted by Crippen LogP contribution is 1.92. The van der Waals surface area contributed by atoms with Crippen molar-refractivity contribution in [2.75, 3.05) is 46.2 Å². The molecular formula is C11H23N3O6. The molecule has 0 bridgehead atoms. The van der Waals surface area contributed by atoms with Gasteiger partial charge in [-0.2, -0.15) is 0 Å². The maximum atomic E-state index is 11.0. The Labute approximate surface area is 117 Å². The molecule has 0 unspecified atom stereocenters. The molecule has 0 fully saturated rings. The molecule has 0 aromatic carbocycles. The third kappa shape index (κ3) is 13.3. The molecule has 0 rings (SSSR count). The van der Waals surface area contributed by atoms with E-state index in [1.54, 1.807) is 0 Å². The lowest BCUT2D eigenvalue weighted by molar-refractivity contribution is -0.126. The molecular weight excluding hydrogens is 270 g/mol. The van der Waals surface area contributed by atoms with Gasteiger partial charge in [0.15, 0.2) is 5.78 Å². The lowest BCUT2D eigenvalue weighted by atomic mass is 10.2.